The third-order valence-electron chi connectivity index (χ3n) is 13.8. The molecule has 0 radical (unpaired) electrons. The summed E-state index contributed by atoms with van der Waals surface area (Å²) in [5, 5.41) is 0. The van der Waals surface area contributed by atoms with Crippen molar-refractivity contribution in [3.05, 3.63) is 69.6 Å². The van der Waals surface area contributed by atoms with E-state index >= 15 is 0 Å². The van der Waals surface area contributed by atoms with Crippen molar-refractivity contribution in [1.29, 1.82) is 0 Å². The standard InChI is InChI=1S/C34H34N4O4/c1-5-30-6-7-37(22(30)8-20(39)26-24(30)16(2)10-35-26)28(41)31-13-32(15-33(31,32)14-31)29(42)38-12-19-18(4)34(19)23(38)9-21(40)27-25(34)17(3)11-36-27/h8-11,18-19,35-36H,5-7,12-15H2,1-4H3/t18-,19?,30+,31?,32?,33?,34?/m1/s1. The number of hydrogen-bond donors (Lipinski definition) is 2. The molecule has 2 aromatic heterocycles. The van der Waals surface area contributed by atoms with Crippen LogP contribution >= 0.6 is 0 Å². The van der Waals surface area contributed by atoms with Gasteiger partial charge in [0.05, 0.1) is 22.2 Å². The molecule has 0 bridgehead atoms. The number of aryl methyl sites for hydroxylation is 2. The van der Waals surface area contributed by atoms with Gasteiger partial charge in [0.1, 0.15) is 0 Å². The molecule has 8 nitrogen and oxygen atoms in total. The summed E-state index contributed by atoms with van der Waals surface area (Å²) in [4.78, 5) is 65.2. The Kier molecular flexibility index (Phi) is 3.66. The van der Waals surface area contributed by atoms with E-state index in [1.165, 1.54) is 0 Å². The van der Waals surface area contributed by atoms with Crippen molar-refractivity contribution >= 4 is 23.4 Å². The van der Waals surface area contributed by atoms with E-state index in [0.717, 1.165) is 59.3 Å². The molecule has 8 heteroatoms. The number of nitrogens with one attached hydrogen (secondary N) is 2. The Balaban J connectivity index is 0.950. The zero-order chi connectivity index (χ0) is 28.9. The third kappa shape index (κ3) is 2.03. The monoisotopic (exact) mass is 562 g/mol. The first-order chi connectivity index (χ1) is 20.0. The normalized spacial score (nSPS) is 42.3. The number of piperidine rings is 1. The molecule has 4 saturated carbocycles. The number of allylic oxidation sites excluding steroid dienone is 4. The molecule has 7 atom stereocenters. The molecule has 2 saturated heterocycles. The molecule has 2 amide bonds. The Hall–Kier alpha value is -3.68. The Morgan fingerprint density at radius 3 is 2.12 bits per heavy atom. The highest BCUT2D eigenvalue weighted by molar-refractivity contribution is 6.10. The first-order valence-corrected chi connectivity index (χ1v) is 15.6. The van der Waals surface area contributed by atoms with Crippen LogP contribution in [0.4, 0.5) is 0 Å². The average Bonchev–Trinajstić information content (AvgIpc) is 3.51. The van der Waals surface area contributed by atoms with Gasteiger partial charge in [0.2, 0.25) is 23.4 Å². The summed E-state index contributed by atoms with van der Waals surface area (Å²) in [5.41, 5.74) is 5.63. The van der Waals surface area contributed by atoms with Gasteiger partial charge in [-0.1, -0.05) is 13.8 Å². The van der Waals surface area contributed by atoms with E-state index in [0.29, 0.717) is 42.7 Å². The van der Waals surface area contributed by atoms with Gasteiger partial charge in [-0.15, -0.1) is 0 Å². The highest BCUT2D eigenvalue weighted by Crippen LogP contribution is 3.01. The van der Waals surface area contributed by atoms with Crippen molar-refractivity contribution in [3.8, 4) is 0 Å². The second kappa shape index (κ2) is 6.46. The minimum absolute atomic E-state index is 0.0478. The van der Waals surface area contributed by atoms with Crippen LogP contribution in [0.3, 0.4) is 0 Å². The number of ketones is 2. The van der Waals surface area contributed by atoms with Crippen LogP contribution in [0, 0.1) is 41.9 Å². The SMILES string of the molecule is CC[C@]12CCN(C(=O)C34CC5(C(=O)N6CC7[C@@H](C)C78C6=CC(=O)c6[nH]cc(C)c68)CC53C4)C1=CC(=O)c1[nH]cc(C)c12. The minimum Gasteiger partial charge on any atom is -0.358 e. The average molecular weight is 563 g/mol. The molecule has 2 aliphatic heterocycles. The molecule has 8 aliphatic rings. The Bertz CT molecular complexity index is 1750. The zero-order valence-corrected chi connectivity index (χ0v) is 24.4. The van der Waals surface area contributed by atoms with Crippen molar-refractivity contribution in [3.63, 3.8) is 0 Å². The largest absolute Gasteiger partial charge is 0.358 e. The van der Waals surface area contributed by atoms with Gasteiger partial charge in [-0.05, 0) is 80.0 Å². The third-order valence-corrected chi connectivity index (χ3v) is 13.8. The molecule has 5 unspecified atom stereocenters. The highest BCUT2D eigenvalue weighted by Gasteiger charge is 3.02. The summed E-state index contributed by atoms with van der Waals surface area (Å²) >= 11 is 0. The van der Waals surface area contributed by atoms with E-state index in [-0.39, 0.29) is 39.6 Å². The van der Waals surface area contributed by atoms with E-state index in [1.54, 1.807) is 12.2 Å². The highest BCUT2D eigenvalue weighted by atomic mass is 16.2. The van der Waals surface area contributed by atoms with Crippen molar-refractivity contribution < 1.29 is 19.2 Å². The summed E-state index contributed by atoms with van der Waals surface area (Å²) in [7, 11) is 0. The molecule has 0 aromatic carbocycles. The first kappa shape index (κ1) is 23.8. The van der Waals surface area contributed by atoms with Gasteiger partial charge in [-0.2, -0.15) is 0 Å². The van der Waals surface area contributed by atoms with Gasteiger partial charge in [-0.25, -0.2) is 0 Å². The number of aromatic amines is 2. The van der Waals surface area contributed by atoms with Gasteiger partial charge < -0.3 is 19.8 Å². The molecule has 2 aromatic rings. The molecule has 2 spiro atoms. The molecule has 2 N–H and O–H groups in total. The van der Waals surface area contributed by atoms with E-state index < -0.39 is 10.8 Å². The van der Waals surface area contributed by atoms with Crippen molar-refractivity contribution in [2.75, 3.05) is 13.1 Å². The number of amides is 2. The summed E-state index contributed by atoms with van der Waals surface area (Å²) in [5.74, 6) is 0.859. The number of hydrogen-bond acceptors (Lipinski definition) is 4. The topological polar surface area (TPSA) is 106 Å². The maximum absolute atomic E-state index is 14.4. The Morgan fingerprint density at radius 2 is 1.48 bits per heavy atom. The summed E-state index contributed by atoms with van der Waals surface area (Å²) in [6.45, 7) is 9.74. The minimum atomic E-state index is -0.487. The van der Waals surface area contributed by atoms with Crippen LogP contribution in [0.25, 0.3) is 0 Å². The van der Waals surface area contributed by atoms with E-state index in [9.17, 15) is 19.2 Å². The number of H-pyrrole nitrogens is 2. The van der Waals surface area contributed by atoms with Crippen molar-refractivity contribution in [1.82, 2.24) is 19.8 Å². The van der Waals surface area contributed by atoms with E-state index in [4.69, 9.17) is 0 Å². The molecule has 4 heterocycles. The number of rotatable bonds is 3. The number of aromatic nitrogens is 2. The van der Waals surface area contributed by atoms with Crippen molar-refractivity contribution in [2.45, 2.75) is 70.6 Å². The molecular formula is C34H34N4O4. The maximum Gasteiger partial charge on any atom is 0.233 e. The van der Waals surface area contributed by atoms with Gasteiger partial charge in [0.25, 0.3) is 0 Å². The summed E-state index contributed by atoms with van der Waals surface area (Å²) in [6.07, 6.45) is 11.0. The maximum atomic E-state index is 14.4. The predicted molar refractivity (Wildman–Crippen MR) is 151 cm³/mol. The fourth-order valence-corrected chi connectivity index (χ4v) is 11.7. The van der Waals surface area contributed by atoms with Crippen LogP contribution in [0.1, 0.15) is 89.2 Å². The van der Waals surface area contributed by atoms with Crippen LogP contribution < -0.4 is 0 Å². The Labute approximate surface area is 243 Å². The van der Waals surface area contributed by atoms with E-state index in [1.807, 2.05) is 29.1 Å². The fourth-order valence-electron chi connectivity index (χ4n) is 11.7. The smallest absolute Gasteiger partial charge is 0.233 e. The lowest BCUT2D eigenvalue weighted by Gasteiger charge is -2.40. The molecule has 42 heavy (non-hydrogen) atoms. The lowest BCUT2D eigenvalue weighted by molar-refractivity contribution is -0.146. The van der Waals surface area contributed by atoms with Crippen LogP contribution in [0.5, 0.6) is 0 Å². The zero-order valence-electron chi connectivity index (χ0n) is 24.4. The van der Waals surface area contributed by atoms with Gasteiger partial charge in [-0.3, -0.25) is 19.2 Å². The number of nitrogens with zero attached hydrogens (tertiary/aromatic N) is 2. The second-order valence-corrected chi connectivity index (χ2v) is 14.8. The van der Waals surface area contributed by atoms with Gasteiger partial charge in [0.15, 0.2) is 0 Å². The number of carbonyl (C=O) groups excluding carboxylic acids is 4. The van der Waals surface area contributed by atoms with Gasteiger partial charge >= 0.3 is 0 Å². The molecular weight excluding hydrogens is 528 g/mol. The van der Waals surface area contributed by atoms with Crippen LogP contribution in [-0.2, 0) is 20.4 Å². The van der Waals surface area contributed by atoms with Crippen molar-refractivity contribution in [2.24, 2.45) is 28.1 Å². The fraction of sp³-hybridized carbons (Fsp3) is 0.529. The summed E-state index contributed by atoms with van der Waals surface area (Å²) < 4.78 is 0. The number of carbonyl (C=O) groups is 4. The van der Waals surface area contributed by atoms with Gasteiger partial charge in [0, 0.05) is 65.3 Å². The first-order valence-electron chi connectivity index (χ1n) is 15.6. The lowest BCUT2D eigenvalue weighted by Crippen LogP contribution is -2.49. The molecule has 6 aliphatic carbocycles. The predicted octanol–water partition coefficient (Wildman–Crippen LogP) is 4.22. The molecule has 6 fully saturated rings. The Morgan fingerprint density at radius 1 is 0.881 bits per heavy atom. The number of fused-ring (bicyclic) bond motifs is 4. The lowest BCUT2D eigenvalue weighted by atomic mass is 9.69. The number of likely N-dealkylation sites (tertiary alicyclic amines) is 2. The molecule has 214 valence electrons. The van der Waals surface area contributed by atoms with E-state index in [2.05, 4.69) is 30.7 Å². The molecule has 10 rings (SSSR count). The summed E-state index contributed by atoms with van der Waals surface area (Å²) in [6, 6.07) is 0. The van der Waals surface area contributed by atoms with Crippen LogP contribution in [-0.4, -0.2) is 56.2 Å². The quantitative estimate of drug-likeness (QED) is 0.584. The van der Waals surface area contributed by atoms with Crippen LogP contribution in [0.15, 0.2) is 35.9 Å². The second-order valence-electron chi connectivity index (χ2n) is 14.8. The van der Waals surface area contributed by atoms with Crippen LogP contribution in [0.2, 0.25) is 0 Å².